The Morgan fingerprint density at radius 3 is 2.93 bits per heavy atom. The van der Waals surface area contributed by atoms with Gasteiger partial charge in [0, 0.05) is 25.2 Å². The van der Waals surface area contributed by atoms with Crippen molar-refractivity contribution in [3.8, 4) is 11.5 Å². The minimum absolute atomic E-state index is 0.188. The van der Waals surface area contributed by atoms with Gasteiger partial charge in [-0.25, -0.2) is 9.97 Å². The van der Waals surface area contributed by atoms with E-state index in [1.165, 1.54) is 0 Å². The highest BCUT2D eigenvalue weighted by atomic mass is 16.5. The van der Waals surface area contributed by atoms with Crippen LogP contribution >= 0.6 is 0 Å². The number of imidazole rings is 1. The lowest BCUT2D eigenvalue weighted by Crippen LogP contribution is -2.41. The second-order valence-corrected chi connectivity index (χ2v) is 7.42. The zero-order chi connectivity index (χ0) is 19.2. The number of nitrogens with zero attached hydrogens (tertiary/aromatic N) is 3. The van der Waals surface area contributed by atoms with Crippen molar-refractivity contribution in [3.63, 3.8) is 0 Å². The minimum atomic E-state index is -0.386. The molecule has 4 rings (SSSR count). The van der Waals surface area contributed by atoms with Crippen molar-refractivity contribution >= 4 is 17.1 Å². The van der Waals surface area contributed by atoms with Crippen molar-refractivity contribution in [2.75, 3.05) is 7.11 Å². The summed E-state index contributed by atoms with van der Waals surface area (Å²) in [6, 6.07) is 7.23. The lowest BCUT2D eigenvalue weighted by Gasteiger charge is -2.38. The quantitative estimate of drug-likeness (QED) is 0.771. The Kier molecular flexibility index (Phi) is 4.02. The van der Waals surface area contributed by atoms with E-state index in [-0.39, 0.29) is 17.6 Å². The largest absolute Gasteiger partial charge is 0.497 e. The second kappa shape index (κ2) is 6.26. The third-order valence-corrected chi connectivity index (χ3v) is 4.79. The van der Waals surface area contributed by atoms with E-state index in [9.17, 15) is 4.79 Å². The molecule has 140 valence electrons. The Labute approximate surface area is 157 Å². The molecule has 0 aliphatic carbocycles. The molecular weight excluding hydrogens is 344 g/mol. The standard InChI is InChI=1S/C20H22N4O3/c1-20(2)9-16(14-8-13(26-4)5-6-17(14)27-20)23-19(25)12-7-15-18(21-10-12)24(3)11-22-15/h5-8,10-11,16H,9H2,1-4H3,(H,23,25). The number of ether oxygens (including phenoxy) is 2. The molecule has 0 saturated heterocycles. The summed E-state index contributed by atoms with van der Waals surface area (Å²) in [7, 11) is 3.49. The number of rotatable bonds is 3. The maximum Gasteiger partial charge on any atom is 0.253 e. The van der Waals surface area contributed by atoms with Gasteiger partial charge in [0.15, 0.2) is 5.65 Å². The summed E-state index contributed by atoms with van der Waals surface area (Å²) in [4.78, 5) is 21.5. The molecule has 3 heterocycles. The van der Waals surface area contributed by atoms with Gasteiger partial charge in [-0.15, -0.1) is 0 Å². The number of fused-ring (bicyclic) bond motifs is 2. The van der Waals surface area contributed by atoms with Crippen LogP contribution in [0.15, 0.2) is 36.8 Å². The fourth-order valence-corrected chi connectivity index (χ4v) is 3.47. The molecule has 1 atom stereocenters. The average molecular weight is 366 g/mol. The molecule has 7 heteroatoms. The number of amides is 1. The number of carbonyl (C=O) groups is 1. The van der Waals surface area contributed by atoms with Gasteiger partial charge in [-0.3, -0.25) is 4.79 Å². The first-order chi connectivity index (χ1) is 12.9. The predicted molar refractivity (Wildman–Crippen MR) is 101 cm³/mol. The first kappa shape index (κ1) is 17.3. The molecule has 2 aromatic heterocycles. The molecule has 1 aromatic carbocycles. The highest BCUT2D eigenvalue weighted by molar-refractivity contribution is 5.96. The zero-order valence-electron chi connectivity index (χ0n) is 15.8. The molecule has 3 aromatic rings. The van der Waals surface area contributed by atoms with Crippen molar-refractivity contribution in [2.24, 2.45) is 7.05 Å². The van der Waals surface area contributed by atoms with Gasteiger partial charge in [-0.05, 0) is 38.1 Å². The molecule has 27 heavy (non-hydrogen) atoms. The molecule has 0 spiro atoms. The number of aromatic nitrogens is 3. The van der Waals surface area contributed by atoms with Crippen LogP contribution in [0.2, 0.25) is 0 Å². The molecule has 0 fully saturated rings. The van der Waals surface area contributed by atoms with Crippen LogP contribution < -0.4 is 14.8 Å². The van der Waals surface area contributed by atoms with Crippen LogP contribution in [0.5, 0.6) is 11.5 Å². The van der Waals surface area contributed by atoms with Gasteiger partial charge in [-0.1, -0.05) is 0 Å². The Morgan fingerprint density at radius 2 is 2.15 bits per heavy atom. The van der Waals surface area contributed by atoms with E-state index >= 15 is 0 Å². The van der Waals surface area contributed by atoms with Gasteiger partial charge in [0.05, 0.1) is 25.0 Å². The molecule has 1 N–H and O–H groups in total. The van der Waals surface area contributed by atoms with Crippen LogP contribution in [0.3, 0.4) is 0 Å². The molecule has 1 unspecified atom stereocenters. The topological polar surface area (TPSA) is 78.3 Å². The fourth-order valence-electron chi connectivity index (χ4n) is 3.47. The highest BCUT2D eigenvalue weighted by Crippen LogP contribution is 2.41. The normalized spacial score (nSPS) is 17.9. The minimum Gasteiger partial charge on any atom is -0.497 e. The molecule has 1 aliphatic heterocycles. The van der Waals surface area contributed by atoms with E-state index in [1.807, 2.05) is 43.7 Å². The van der Waals surface area contributed by atoms with Crippen molar-refractivity contribution in [2.45, 2.75) is 31.9 Å². The number of methoxy groups -OCH3 is 1. The van der Waals surface area contributed by atoms with Crippen molar-refractivity contribution < 1.29 is 14.3 Å². The van der Waals surface area contributed by atoms with Gasteiger partial charge in [0.25, 0.3) is 5.91 Å². The van der Waals surface area contributed by atoms with Gasteiger partial charge in [-0.2, -0.15) is 0 Å². The zero-order valence-corrected chi connectivity index (χ0v) is 15.8. The monoisotopic (exact) mass is 366 g/mol. The SMILES string of the molecule is COc1ccc2c(c1)C(NC(=O)c1cnc3c(c1)ncn3C)CC(C)(C)O2. The summed E-state index contributed by atoms with van der Waals surface area (Å²) in [5.74, 6) is 1.30. The number of hydrogen-bond acceptors (Lipinski definition) is 5. The van der Waals surface area contributed by atoms with Gasteiger partial charge >= 0.3 is 0 Å². The Bertz CT molecular complexity index is 1030. The molecule has 0 radical (unpaired) electrons. The van der Waals surface area contributed by atoms with E-state index in [0.717, 1.165) is 22.7 Å². The van der Waals surface area contributed by atoms with E-state index in [0.29, 0.717) is 17.5 Å². The number of benzene rings is 1. The molecule has 1 aliphatic rings. The van der Waals surface area contributed by atoms with E-state index in [4.69, 9.17) is 9.47 Å². The summed E-state index contributed by atoms with van der Waals surface area (Å²) < 4.78 is 13.2. The van der Waals surface area contributed by atoms with Crippen LogP contribution in [0.4, 0.5) is 0 Å². The number of pyridine rings is 1. The first-order valence-corrected chi connectivity index (χ1v) is 8.81. The third-order valence-electron chi connectivity index (χ3n) is 4.79. The highest BCUT2D eigenvalue weighted by Gasteiger charge is 2.35. The summed E-state index contributed by atoms with van der Waals surface area (Å²) in [5.41, 5.74) is 2.44. The number of carbonyl (C=O) groups excluding carboxylic acids is 1. The fraction of sp³-hybridized carbons (Fsp3) is 0.350. The second-order valence-electron chi connectivity index (χ2n) is 7.42. The lowest BCUT2D eigenvalue weighted by molar-refractivity contribution is 0.0618. The number of hydrogen-bond donors (Lipinski definition) is 1. The van der Waals surface area contributed by atoms with E-state index in [2.05, 4.69) is 15.3 Å². The Hall–Kier alpha value is -3.09. The number of nitrogens with one attached hydrogen (secondary N) is 1. The predicted octanol–water partition coefficient (Wildman–Crippen LogP) is 3.01. The number of aryl methyl sites for hydroxylation is 1. The van der Waals surface area contributed by atoms with Crippen LogP contribution in [-0.4, -0.2) is 33.2 Å². The first-order valence-electron chi connectivity index (χ1n) is 8.81. The van der Waals surface area contributed by atoms with Crippen LogP contribution in [-0.2, 0) is 7.05 Å². The van der Waals surface area contributed by atoms with E-state index < -0.39 is 0 Å². The summed E-state index contributed by atoms with van der Waals surface area (Å²) in [5, 5.41) is 3.12. The van der Waals surface area contributed by atoms with Gasteiger partial charge in [0.1, 0.15) is 22.6 Å². The molecule has 1 amide bonds. The lowest BCUT2D eigenvalue weighted by atomic mass is 9.89. The molecule has 7 nitrogen and oxygen atoms in total. The van der Waals surface area contributed by atoms with E-state index in [1.54, 1.807) is 25.7 Å². The van der Waals surface area contributed by atoms with Gasteiger partial charge in [0.2, 0.25) is 0 Å². The summed E-state index contributed by atoms with van der Waals surface area (Å²) >= 11 is 0. The Balaban J connectivity index is 1.65. The maximum absolute atomic E-state index is 12.9. The van der Waals surface area contributed by atoms with Crippen molar-refractivity contribution in [3.05, 3.63) is 47.9 Å². The van der Waals surface area contributed by atoms with Crippen LogP contribution in [0.25, 0.3) is 11.2 Å². The molecule has 0 bridgehead atoms. The summed E-state index contributed by atoms with van der Waals surface area (Å²) in [6.45, 7) is 4.03. The van der Waals surface area contributed by atoms with Gasteiger partial charge < -0.3 is 19.4 Å². The smallest absolute Gasteiger partial charge is 0.253 e. The van der Waals surface area contributed by atoms with Crippen LogP contribution in [0.1, 0.15) is 42.2 Å². The third kappa shape index (κ3) is 3.20. The average Bonchev–Trinajstić information content (AvgIpc) is 3.01. The maximum atomic E-state index is 12.9. The van der Waals surface area contributed by atoms with Crippen molar-refractivity contribution in [1.29, 1.82) is 0 Å². The molecule has 0 saturated carbocycles. The van der Waals surface area contributed by atoms with Crippen LogP contribution in [0, 0.1) is 0 Å². The summed E-state index contributed by atoms with van der Waals surface area (Å²) in [6.07, 6.45) is 3.91. The Morgan fingerprint density at radius 1 is 1.33 bits per heavy atom. The van der Waals surface area contributed by atoms with Crippen molar-refractivity contribution in [1.82, 2.24) is 19.9 Å². The molecular formula is C20H22N4O3.